The van der Waals surface area contributed by atoms with E-state index in [2.05, 4.69) is 51.4 Å². The predicted octanol–water partition coefficient (Wildman–Crippen LogP) is 1.18. The summed E-state index contributed by atoms with van der Waals surface area (Å²) in [6.45, 7) is 9.66. The van der Waals surface area contributed by atoms with Crippen molar-refractivity contribution in [2.75, 3.05) is 46.3 Å². The molecule has 0 unspecified atom stereocenters. The molecule has 1 fully saturated rings. The Hall–Kier alpha value is -3.04. The molecule has 3 heterocycles. The van der Waals surface area contributed by atoms with E-state index >= 15 is 0 Å². The van der Waals surface area contributed by atoms with Gasteiger partial charge in [0.15, 0.2) is 0 Å². The predicted molar refractivity (Wildman–Crippen MR) is 128 cm³/mol. The van der Waals surface area contributed by atoms with Gasteiger partial charge in [0.25, 0.3) is 5.56 Å². The highest BCUT2D eigenvalue weighted by Crippen LogP contribution is 2.19. The summed E-state index contributed by atoms with van der Waals surface area (Å²) >= 11 is 0. The minimum absolute atomic E-state index is 0.101. The van der Waals surface area contributed by atoms with E-state index < -0.39 is 0 Å². The Kier molecular flexibility index (Phi) is 7.20. The van der Waals surface area contributed by atoms with Gasteiger partial charge >= 0.3 is 0 Å². The van der Waals surface area contributed by atoms with Crippen molar-refractivity contribution in [3.8, 4) is 11.3 Å². The number of aryl methyl sites for hydroxylation is 2. The number of likely N-dealkylation sites (N-methyl/N-ethyl adjacent to an activating group) is 1. The fourth-order valence-corrected chi connectivity index (χ4v) is 4.13. The Morgan fingerprint density at radius 1 is 1.09 bits per heavy atom. The lowest BCUT2D eigenvalue weighted by atomic mass is 10.1. The van der Waals surface area contributed by atoms with Crippen LogP contribution in [0.5, 0.6) is 0 Å². The van der Waals surface area contributed by atoms with Gasteiger partial charge in [-0.1, -0.05) is 31.2 Å². The van der Waals surface area contributed by atoms with Crippen LogP contribution in [0, 0.1) is 6.92 Å². The SMILES string of the molecule is CCc1ccc(-c2cc3c(=O)n(CC(=O)NCCCN4CCN(C)CC4)nc(C)n3n2)cc1. The van der Waals surface area contributed by atoms with E-state index in [0.29, 0.717) is 23.6 Å². The minimum atomic E-state index is -0.322. The van der Waals surface area contributed by atoms with Crippen molar-refractivity contribution in [2.45, 2.75) is 33.2 Å². The van der Waals surface area contributed by atoms with Gasteiger partial charge in [0, 0.05) is 38.3 Å². The van der Waals surface area contributed by atoms with Crippen LogP contribution in [0.4, 0.5) is 0 Å². The number of hydrogen-bond donors (Lipinski definition) is 1. The van der Waals surface area contributed by atoms with Crippen LogP contribution in [-0.2, 0) is 17.8 Å². The second-order valence-corrected chi connectivity index (χ2v) is 8.74. The van der Waals surface area contributed by atoms with Crippen molar-refractivity contribution in [2.24, 2.45) is 0 Å². The van der Waals surface area contributed by atoms with Crippen LogP contribution in [0.25, 0.3) is 16.8 Å². The third-order valence-electron chi connectivity index (χ3n) is 6.26. The van der Waals surface area contributed by atoms with E-state index in [9.17, 15) is 9.59 Å². The minimum Gasteiger partial charge on any atom is -0.354 e. The second-order valence-electron chi connectivity index (χ2n) is 8.74. The summed E-state index contributed by atoms with van der Waals surface area (Å²) in [5.74, 6) is 0.352. The molecule has 0 saturated carbocycles. The van der Waals surface area contributed by atoms with Crippen LogP contribution in [0.2, 0.25) is 0 Å². The van der Waals surface area contributed by atoms with Crippen molar-refractivity contribution < 1.29 is 4.79 Å². The number of carbonyl (C=O) groups excluding carboxylic acids is 1. The maximum Gasteiger partial charge on any atom is 0.293 e. The largest absolute Gasteiger partial charge is 0.354 e. The van der Waals surface area contributed by atoms with Crippen LogP contribution in [0.3, 0.4) is 0 Å². The number of nitrogens with zero attached hydrogens (tertiary/aromatic N) is 6. The maximum absolute atomic E-state index is 13.0. The molecule has 0 aliphatic carbocycles. The van der Waals surface area contributed by atoms with Crippen molar-refractivity contribution >= 4 is 11.4 Å². The molecule has 9 nitrogen and oxygen atoms in total. The van der Waals surface area contributed by atoms with E-state index in [1.54, 1.807) is 17.5 Å². The maximum atomic E-state index is 13.0. The van der Waals surface area contributed by atoms with Crippen molar-refractivity contribution in [3.63, 3.8) is 0 Å². The summed E-state index contributed by atoms with van der Waals surface area (Å²) in [4.78, 5) is 30.2. The number of hydrogen-bond acceptors (Lipinski definition) is 6. The van der Waals surface area contributed by atoms with Gasteiger partial charge in [-0.3, -0.25) is 9.59 Å². The van der Waals surface area contributed by atoms with Crippen LogP contribution in [-0.4, -0.2) is 81.4 Å². The van der Waals surface area contributed by atoms with E-state index in [1.165, 1.54) is 10.2 Å². The lowest BCUT2D eigenvalue weighted by Crippen LogP contribution is -2.45. The zero-order chi connectivity index (χ0) is 23.4. The number of rotatable bonds is 8. The van der Waals surface area contributed by atoms with E-state index in [-0.39, 0.29) is 18.0 Å². The molecule has 1 saturated heterocycles. The number of piperazine rings is 1. The summed E-state index contributed by atoms with van der Waals surface area (Å²) in [6, 6.07) is 9.92. The quantitative estimate of drug-likeness (QED) is 0.518. The summed E-state index contributed by atoms with van der Waals surface area (Å²) in [7, 11) is 2.14. The first-order valence-electron chi connectivity index (χ1n) is 11.7. The normalized spacial score (nSPS) is 15.2. The average Bonchev–Trinajstić information content (AvgIpc) is 3.28. The molecular formula is C24H33N7O2. The molecule has 1 aliphatic heterocycles. The average molecular weight is 452 g/mol. The van der Waals surface area contributed by atoms with E-state index in [4.69, 9.17) is 0 Å². The molecule has 1 aromatic carbocycles. The zero-order valence-corrected chi connectivity index (χ0v) is 19.8. The first-order valence-corrected chi connectivity index (χ1v) is 11.7. The Balaban J connectivity index is 1.38. The Labute approximate surface area is 194 Å². The second kappa shape index (κ2) is 10.3. The highest BCUT2D eigenvalue weighted by molar-refractivity contribution is 5.75. The third kappa shape index (κ3) is 5.48. The standard InChI is InChI=1S/C24H33N7O2/c1-4-19-6-8-20(9-7-19)21-16-22-24(33)30(26-18(2)31(22)27-21)17-23(32)25-10-5-11-29-14-12-28(3)13-15-29/h6-9,16H,4-5,10-15,17H2,1-3H3,(H,25,32). The van der Waals surface area contributed by atoms with Crippen LogP contribution < -0.4 is 10.9 Å². The molecule has 3 aromatic rings. The molecule has 4 rings (SSSR count). The summed E-state index contributed by atoms with van der Waals surface area (Å²) in [5, 5.41) is 11.8. The van der Waals surface area contributed by atoms with E-state index in [1.807, 2.05) is 12.1 Å². The van der Waals surface area contributed by atoms with Crippen molar-refractivity contribution in [1.82, 2.24) is 34.5 Å². The van der Waals surface area contributed by atoms with Gasteiger partial charge in [0.2, 0.25) is 5.91 Å². The number of aromatic nitrogens is 4. The monoisotopic (exact) mass is 451 g/mol. The van der Waals surface area contributed by atoms with E-state index in [0.717, 1.165) is 51.1 Å². The molecule has 176 valence electrons. The first-order chi connectivity index (χ1) is 15.9. The third-order valence-corrected chi connectivity index (χ3v) is 6.26. The summed E-state index contributed by atoms with van der Waals surface area (Å²) < 4.78 is 2.78. The topological polar surface area (TPSA) is 87.8 Å². The Morgan fingerprint density at radius 2 is 1.82 bits per heavy atom. The van der Waals surface area contributed by atoms with Crippen molar-refractivity contribution in [3.05, 3.63) is 52.1 Å². The lowest BCUT2D eigenvalue weighted by molar-refractivity contribution is -0.121. The summed E-state index contributed by atoms with van der Waals surface area (Å²) in [6.07, 6.45) is 1.86. The number of fused-ring (bicyclic) bond motifs is 1. The van der Waals surface area contributed by atoms with Gasteiger partial charge in [-0.05, 0) is 45.0 Å². The molecular weight excluding hydrogens is 418 g/mol. The van der Waals surface area contributed by atoms with Crippen molar-refractivity contribution in [1.29, 1.82) is 0 Å². The molecule has 33 heavy (non-hydrogen) atoms. The van der Waals surface area contributed by atoms with Gasteiger partial charge in [0.05, 0.1) is 5.69 Å². The number of nitrogens with one attached hydrogen (secondary N) is 1. The molecule has 0 atom stereocenters. The Morgan fingerprint density at radius 3 is 2.52 bits per heavy atom. The van der Waals surface area contributed by atoms with Gasteiger partial charge in [0.1, 0.15) is 17.9 Å². The molecule has 0 spiro atoms. The molecule has 9 heteroatoms. The Bertz CT molecular complexity index is 1160. The number of amides is 1. The van der Waals surface area contributed by atoms with Gasteiger partial charge in [-0.25, -0.2) is 9.20 Å². The molecule has 1 amide bonds. The van der Waals surface area contributed by atoms with Crippen LogP contribution >= 0.6 is 0 Å². The van der Waals surface area contributed by atoms with Gasteiger partial charge in [-0.2, -0.15) is 10.2 Å². The highest BCUT2D eigenvalue weighted by atomic mass is 16.2. The molecule has 1 N–H and O–H groups in total. The number of benzene rings is 1. The molecule has 0 radical (unpaired) electrons. The molecule has 0 bridgehead atoms. The first kappa shape index (κ1) is 23.1. The smallest absolute Gasteiger partial charge is 0.293 e. The zero-order valence-electron chi connectivity index (χ0n) is 19.8. The molecule has 2 aromatic heterocycles. The van der Waals surface area contributed by atoms with Crippen LogP contribution in [0.1, 0.15) is 24.7 Å². The fourth-order valence-electron chi connectivity index (χ4n) is 4.13. The highest BCUT2D eigenvalue weighted by Gasteiger charge is 2.16. The van der Waals surface area contributed by atoms with Gasteiger partial charge < -0.3 is 15.1 Å². The summed E-state index contributed by atoms with van der Waals surface area (Å²) in [5.41, 5.74) is 3.00. The fraction of sp³-hybridized carbons (Fsp3) is 0.500. The number of carbonyl (C=O) groups is 1. The van der Waals surface area contributed by atoms with Gasteiger partial charge in [-0.15, -0.1) is 0 Å². The lowest BCUT2D eigenvalue weighted by Gasteiger charge is -2.32. The van der Waals surface area contributed by atoms with Crippen LogP contribution in [0.15, 0.2) is 35.1 Å². The molecule has 1 aliphatic rings.